The molecule has 0 saturated carbocycles. The number of hydrogen-bond acceptors (Lipinski definition) is 4. The summed E-state index contributed by atoms with van der Waals surface area (Å²) >= 11 is 0. The molecule has 1 heterocycles. The summed E-state index contributed by atoms with van der Waals surface area (Å²) in [5.41, 5.74) is -1.56. The van der Waals surface area contributed by atoms with Crippen molar-refractivity contribution in [3.05, 3.63) is 11.8 Å². The van der Waals surface area contributed by atoms with E-state index in [0.29, 0.717) is 12.4 Å². The van der Waals surface area contributed by atoms with Gasteiger partial charge in [-0.05, 0) is 20.9 Å². The number of hydrogen-bond donors (Lipinski definition) is 1. The van der Waals surface area contributed by atoms with Crippen LogP contribution in [-0.4, -0.2) is 17.2 Å². The van der Waals surface area contributed by atoms with Gasteiger partial charge in [0.15, 0.2) is 5.67 Å². The fourth-order valence-electron chi connectivity index (χ4n) is 0.717. The third-order valence-electron chi connectivity index (χ3n) is 1.30. The molecule has 5 heteroatoms. The third kappa shape index (κ3) is 2.01. The van der Waals surface area contributed by atoms with Gasteiger partial charge in [0.1, 0.15) is 0 Å². The first-order valence-electron chi connectivity index (χ1n) is 3.70. The number of nitrogens with one attached hydrogen (secondary N) is 1. The summed E-state index contributed by atoms with van der Waals surface area (Å²) in [5.74, 6) is 0.422. The van der Waals surface area contributed by atoms with Crippen LogP contribution >= 0.6 is 0 Å². The lowest BCUT2D eigenvalue weighted by atomic mass is 10.2. The van der Waals surface area contributed by atoms with Crippen LogP contribution in [0.3, 0.4) is 0 Å². The van der Waals surface area contributed by atoms with Gasteiger partial charge in [-0.15, -0.1) is 10.2 Å². The minimum absolute atomic E-state index is 0.0211. The molecule has 0 aliphatic carbocycles. The minimum atomic E-state index is -1.56. The molecule has 12 heavy (non-hydrogen) atoms. The van der Waals surface area contributed by atoms with Gasteiger partial charge in [0.25, 0.3) is 5.89 Å². The molecule has 0 spiro atoms. The lowest BCUT2D eigenvalue weighted by Gasteiger charge is -2.06. The van der Waals surface area contributed by atoms with E-state index in [2.05, 4.69) is 15.5 Å². The molecule has 1 rings (SSSR count). The van der Waals surface area contributed by atoms with Crippen LogP contribution < -0.4 is 5.32 Å². The van der Waals surface area contributed by atoms with E-state index in [9.17, 15) is 4.39 Å². The van der Waals surface area contributed by atoms with Crippen molar-refractivity contribution in [2.24, 2.45) is 0 Å². The van der Waals surface area contributed by atoms with Crippen LogP contribution in [-0.2, 0) is 12.2 Å². The molecule has 0 amide bonds. The van der Waals surface area contributed by atoms with E-state index in [4.69, 9.17) is 4.42 Å². The van der Waals surface area contributed by atoms with Crippen LogP contribution in [0.5, 0.6) is 0 Å². The van der Waals surface area contributed by atoms with Gasteiger partial charge in [0, 0.05) is 0 Å². The van der Waals surface area contributed by atoms with Crippen molar-refractivity contribution in [2.45, 2.75) is 26.1 Å². The number of halogens is 1. The number of nitrogens with zero attached hydrogens (tertiary/aromatic N) is 2. The van der Waals surface area contributed by atoms with Crippen LogP contribution in [0.15, 0.2) is 4.42 Å². The minimum Gasteiger partial charge on any atom is -0.420 e. The second-order valence-electron chi connectivity index (χ2n) is 3.00. The SMILES string of the molecule is CNCc1nnc(C(C)(C)F)o1. The summed E-state index contributed by atoms with van der Waals surface area (Å²) in [7, 11) is 1.75. The van der Waals surface area contributed by atoms with Gasteiger partial charge in [0.05, 0.1) is 6.54 Å². The summed E-state index contributed by atoms with van der Waals surface area (Å²) in [5, 5.41) is 10.1. The molecule has 0 aliphatic heterocycles. The Bertz CT molecular complexity index is 253. The molecule has 0 aliphatic rings. The molecule has 0 saturated heterocycles. The zero-order valence-corrected chi connectivity index (χ0v) is 7.39. The highest BCUT2D eigenvalue weighted by Crippen LogP contribution is 2.22. The maximum atomic E-state index is 13.2. The fraction of sp³-hybridized carbons (Fsp3) is 0.714. The van der Waals surface area contributed by atoms with E-state index < -0.39 is 5.67 Å². The van der Waals surface area contributed by atoms with Crippen molar-refractivity contribution >= 4 is 0 Å². The van der Waals surface area contributed by atoms with E-state index in [1.165, 1.54) is 13.8 Å². The molecule has 0 radical (unpaired) electrons. The number of alkyl halides is 1. The highest BCUT2D eigenvalue weighted by atomic mass is 19.1. The van der Waals surface area contributed by atoms with Crippen LogP contribution in [0.1, 0.15) is 25.6 Å². The van der Waals surface area contributed by atoms with E-state index in [-0.39, 0.29) is 5.89 Å². The predicted octanol–water partition coefficient (Wildman–Crippen LogP) is 0.994. The number of rotatable bonds is 3. The van der Waals surface area contributed by atoms with E-state index in [1.807, 2.05) is 0 Å². The van der Waals surface area contributed by atoms with Gasteiger partial charge in [-0.3, -0.25) is 0 Å². The Kier molecular flexibility index (Phi) is 2.42. The van der Waals surface area contributed by atoms with Crippen molar-refractivity contribution in [3.63, 3.8) is 0 Å². The average molecular weight is 173 g/mol. The van der Waals surface area contributed by atoms with E-state index in [1.54, 1.807) is 7.05 Å². The molecular weight excluding hydrogens is 161 g/mol. The quantitative estimate of drug-likeness (QED) is 0.740. The highest BCUT2D eigenvalue weighted by molar-refractivity contribution is 4.91. The van der Waals surface area contributed by atoms with Crippen molar-refractivity contribution < 1.29 is 8.81 Å². The lowest BCUT2D eigenvalue weighted by molar-refractivity contribution is 0.166. The summed E-state index contributed by atoms with van der Waals surface area (Å²) < 4.78 is 18.2. The Hall–Kier alpha value is -0.970. The van der Waals surface area contributed by atoms with Crippen LogP contribution in [0.2, 0.25) is 0 Å². The van der Waals surface area contributed by atoms with Crippen LogP contribution in [0.4, 0.5) is 4.39 Å². The molecule has 1 aromatic rings. The van der Waals surface area contributed by atoms with Crippen molar-refractivity contribution in [1.82, 2.24) is 15.5 Å². The molecule has 0 aromatic carbocycles. The van der Waals surface area contributed by atoms with E-state index in [0.717, 1.165) is 0 Å². The summed E-state index contributed by atoms with van der Waals surface area (Å²) in [4.78, 5) is 0. The monoisotopic (exact) mass is 173 g/mol. The fourth-order valence-corrected chi connectivity index (χ4v) is 0.717. The molecule has 0 bridgehead atoms. The van der Waals surface area contributed by atoms with Crippen molar-refractivity contribution in [1.29, 1.82) is 0 Å². The molecular formula is C7H12FN3O. The average Bonchev–Trinajstić information content (AvgIpc) is 2.35. The first kappa shape index (κ1) is 9.12. The first-order valence-corrected chi connectivity index (χ1v) is 3.70. The zero-order chi connectivity index (χ0) is 9.19. The molecule has 68 valence electrons. The molecule has 0 unspecified atom stereocenters. The van der Waals surface area contributed by atoms with Crippen LogP contribution in [0, 0.1) is 0 Å². The lowest BCUT2D eigenvalue weighted by Crippen LogP contribution is -2.09. The third-order valence-corrected chi connectivity index (χ3v) is 1.30. The van der Waals surface area contributed by atoms with Crippen LogP contribution in [0.25, 0.3) is 0 Å². The molecule has 0 atom stereocenters. The second-order valence-corrected chi connectivity index (χ2v) is 3.00. The van der Waals surface area contributed by atoms with Gasteiger partial charge in [-0.2, -0.15) is 0 Å². The Morgan fingerprint density at radius 3 is 2.58 bits per heavy atom. The Morgan fingerprint density at radius 1 is 1.50 bits per heavy atom. The normalized spacial score (nSPS) is 12.0. The predicted molar refractivity (Wildman–Crippen MR) is 41.2 cm³/mol. The largest absolute Gasteiger partial charge is 0.420 e. The summed E-state index contributed by atoms with van der Waals surface area (Å²) in [6.45, 7) is 3.22. The van der Waals surface area contributed by atoms with Gasteiger partial charge < -0.3 is 9.73 Å². The molecule has 1 aromatic heterocycles. The molecule has 1 N–H and O–H groups in total. The van der Waals surface area contributed by atoms with Gasteiger partial charge >= 0.3 is 0 Å². The van der Waals surface area contributed by atoms with Crippen molar-refractivity contribution in [2.75, 3.05) is 7.05 Å². The maximum absolute atomic E-state index is 13.2. The zero-order valence-electron chi connectivity index (χ0n) is 7.39. The van der Waals surface area contributed by atoms with Gasteiger partial charge in [0.2, 0.25) is 5.89 Å². The molecule has 4 nitrogen and oxygen atoms in total. The summed E-state index contributed by atoms with van der Waals surface area (Å²) in [6, 6.07) is 0. The maximum Gasteiger partial charge on any atom is 0.253 e. The first-order chi connectivity index (χ1) is 5.54. The Labute approximate surface area is 70.2 Å². The Balaban J connectivity index is 2.77. The topological polar surface area (TPSA) is 51.0 Å². The van der Waals surface area contributed by atoms with Gasteiger partial charge in [-0.1, -0.05) is 0 Å². The highest BCUT2D eigenvalue weighted by Gasteiger charge is 2.25. The van der Waals surface area contributed by atoms with E-state index >= 15 is 0 Å². The second kappa shape index (κ2) is 3.18. The molecule has 0 fully saturated rings. The Morgan fingerprint density at radius 2 is 2.17 bits per heavy atom. The number of aromatic nitrogens is 2. The smallest absolute Gasteiger partial charge is 0.253 e. The standard InChI is InChI=1S/C7H12FN3O/c1-7(2,8)6-11-10-5(12-6)4-9-3/h9H,4H2,1-3H3. The van der Waals surface area contributed by atoms with Crippen molar-refractivity contribution in [3.8, 4) is 0 Å². The summed E-state index contributed by atoms with van der Waals surface area (Å²) in [6.07, 6.45) is 0. The van der Waals surface area contributed by atoms with Gasteiger partial charge in [-0.25, -0.2) is 4.39 Å².